The van der Waals surface area contributed by atoms with Gasteiger partial charge in [-0.3, -0.25) is 0 Å². The van der Waals surface area contributed by atoms with E-state index in [1.165, 1.54) is 51.5 Å². The Morgan fingerprint density at radius 2 is 1.46 bits per heavy atom. The topological polar surface area (TPSA) is 12.0 Å². The lowest BCUT2D eigenvalue weighted by Gasteiger charge is -2.41. The maximum atomic E-state index is 3.68. The summed E-state index contributed by atoms with van der Waals surface area (Å²) in [6.45, 7) is 6.06. The number of hydrogen-bond donors (Lipinski definition) is 1. The molecular weight excluding hydrogens is 158 g/mol. The standard InChI is InChI=1S/C12H23N/c1-11(2)12(9-10-13-11)7-5-3-4-6-8-12/h13H,3-10H2,1-2H3. The third-order valence-corrected chi connectivity index (χ3v) is 4.56. The summed E-state index contributed by atoms with van der Waals surface area (Å²) < 4.78 is 0. The summed E-state index contributed by atoms with van der Waals surface area (Å²) in [5, 5.41) is 3.68. The van der Waals surface area contributed by atoms with E-state index in [0.717, 1.165) is 0 Å². The van der Waals surface area contributed by atoms with E-state index in [9.17, 15) is 0 Å². The normalized spacial score (nSPS) is 31.8. The molecule has 0 aromatic carbocycles. The molecule has 2 rings (SSSR count). The second kappa shape index (κ2) is 3.27. The molecule has 0 radical (unpaired) electrons. The Bertz CT molecular complexity index is 176. The predicted molar refractivity (Wildman–Crippen MR) is 56.8 cm³/mol. The fraction of sp³-hybridized carbons (Fsp3) is 1.00. The third kappa shape index (κ3) is 1.52. The highest BCUT2D eigenvalue weighted by molar-refractivity contribution is 5.04. The minimum Gasteiger partial charge on any atom is -0.311 e. The quantitative estimate of drug-likeness (QED) is 0.605. The van der Waals surface area contributed by atoms with Crippen molar-refractivity contribution in [2.24, 2.45) is 5.41 Å². The van der Waals surface area contributed by atoms with Gasteiger partial charge in [0.2, 0.25) is 0 Å². The molecule has 2 fully saturated rings. The van der Waals surface area contributed by atoms with Crippen LogP contribution in [0.4, 0.5) is 0 Å². The van der Waals surface area contributed by atoms with E-state index in [0.29, 0.717) is 11.0 Å². The van der Waals surface area contributed by atoms with Gasteiger partial charge in [-0.05, 0) is 45.1 Å². The van der Waals surface area contributed by atoms with E-state index in [-0.39, 0.29) is 0 Å². The van der Waals surface area contributed by atoms with Crippen LogP contribution < -0.4 is 5.32 Å². The van der Waals surface area contributed by atoms with Gasteiger partial charge in [-0.2, -0.15) is 0 Å². The van der Waals surface area contributed by atoms with Gasteiger partial charge in [0, 0.05) is 5.54 Å². The first-order valence-electron chi connectivity index (χ1n) is 5.91. The maximum absolute atomic E-state index is 3.68. The van der Waals surface area contributed by atoms with Crippen molar-refractivity contribution >= 4 is 0 Å². The Hall–Kier alpha value is -0.0400. The molecular formula is C12H23N. The van der Waals surface area contributed by atoms with Crippen molar-refractivity contribution in [3.8, 4) is 0 Å². The van der Waals surface area contributed by atoms with Gasteiger partial charge in [0.1, 0.15) is 0 Å². The van der Waals surface area contributed by atoms with Crippen LogP contribution in [-0.2, 0) is 0 Å². The summed E-state index contributed by atoms with van der Waals surface area (Å²) in [6, 6.07) is 0. The van der Waals surface area contributed by atoms with Crippen LogP contribution in [0, 0.1) is 5.41 Å². The van der Waals surface area contributed by atoms with E-state index in [2.05, 4.69) is 19.2 Å². The van der Waals surface area contributed by atoms with E-state index in [1.807, 2.05) is 0 Å². The van der Waals surface area contributed by atoms with E-state index < -0.39 is 0 Å². The number of nitrogens with one attached hydrogen (secondary N) is 1. The SMILES string of the molecule is CC1(C)NCCC12CCCCCC2. The Labute approximate surface area is 82.3 Å². The Balaban J connectivity index is 2.16. The molecule has 0 aromatic heterocycles. The minimum atomic E-state index is 0.400. The average Bonchev–Trinajstić information content (AvgIpc) is 2.29. The first-order valence-corrected chi connectivity index (χ1v) is 5.91. The molecule has 1 nitrogen and oxygen atoms in total. The molecule has 1 aliphatic carbocycles. The molecule has 1 spiro atoms. The summed E-state index contributed by atoms with van der Waals surface area (Å²) in [4.78, 5) is 0. The Kier molecular flexibility index (Phi) is 2.39. The van der Waals surface area contributed by atoms with Crippen molar-refractivity contribution in [1.29, 1.82) is 0 Å². The molecule has 0 bridgehead atoms. The molecule has 2 aliphatic rings. The van der Waals surface area contributed by atoms with Gasteiger partial charge in [0.05, 0.1) is 0 Å². The van der Waals surface area contributed by atoms with Gasteiger partial charge in [-0.1, -0.05) is 25.7 Å². The Morgan fingerprint density at radius 3 is 1.92 bits per heavy atom. The van der Waals surface area contributed by atoms with Gasteiger partial charge < -0.3 is 5.32 Å². The molecule has 1 saturated carbocycles. The summed E-state index contributed by atoms with van der Waals surface area (Å²) >= 11 is 0. The third-order valence-electron chi connectivity index (χ3n) is 4.56. The lowest BCUT2D eigenvalue weighted by Crippen LogP contribution is -2.46. The monoisotopic (exact) mass is 181 g/mol. The van der Waals surface area contributed by atoms with Crippen molar-refractivity contribution in [2.45, 2.75) is 64.3 Å². The highest BCUT2D eigenvalue weighted by Crippen LogP contribution is 2.49. The van der Waals surface area contributed by atoms with E-state index in [4.69, 9.17) is 0 Å². The van der Waals surface area contributed by atoms with Gasteiger partial charge in [0.15, 0.2) is 0 Å². The Morgan fingerprint density at radius 1 is 0.846 bits per heavy atom. The van der Waals surface area contributed by atoms with Gasteiger partial charge in [-0.25, -0.2) is 0 Å². The highest BCUT2D eigenvalue weighted by atomic mass is 15.0. The molecule has 76 valence electrons. The average molecular weight is 181 g/mol. The van der Waals surface area contributed by atoms with Crippen LogP contribution in [0.3, 0.4) is 0 Å². The number of hydrogen-bond acceptors (Lipinski definition) is 1. The van der Waals surface area contributed by atoms with Crippen molar-refractivity contribution in [3.05, 3.63) is 0 Å². The molecule has 0 unspecified atom stereocenters. The summed E-state index contributed by atoms with van der Waals surface area (Å²) in [5.74, 6) is 0. The van der Waals surface area contributed by atoms with Crippen molar-refractivity contribution in [1.82, 2.24) is 5.32 Å². The van der Waals surface area contributed by atoms with Crippen LogP contribution in [0.25, 0.3) is 0 Å². The largest absolute Gasteiger partial charge is 0.311 e. The van der Waals surface area contributed by atoms with Crippen LogP contribution in [0.5, 0.6) is 0 Å². The second-order valence-electron chi connectivity index (χ2n) is 5.50. The van der Waals surface area contributed by atoms with Gasteiger partial charge >= 0.3 is 0 Å². The van der Waals surface area contributed by atoms with Crippen LogP contribution in [-0.4, -0.2) is 12.1 Å². The summed E-state index contributed by atoms with van der Waals surface area (Å²) in [6.07, 6.45) is 10.2. The molecule has 1 saturated heterocycles. The lowest BCUT2D eigenvalue weighted by molar-refractivity contribution is 0.144. The molecule has 0 atom stereocenters. The summed E-state index contributed by atoms with van der Waals surface area (Å²) in [5.41, 5.74) is 1.04. The summed E-state index contributed by atoms with van der Waals surface area (Å²) in [7, 11) is 0. The zero-order valence-electron chi connectivity index (χ0n) is 9.16. The zero-order valence-corrected chi connectivity index (χ0v) is 9.16. The molecule has 1 heterocycles. The maximum Gasteiger partial charge on any atom is 0.0181 e. The lowest BCUT2D eigenvalue weighted by atomic mass is 9.67. The smallest absolute Gasteiger partial charge is 0.0181 e. The molecule has 0 amide bonds. The van der Waals surface area contributed by atoms with Crippen LogP contribution >= 0.6 is 0 Å². The molecule has 1 aliphatic heterocycles. The molecule has 13 heavy (non-hydrogen) atoms. The second-order valence-corrected chi connectivity index (χ2v) is 5.50. The van der Waals surface area contributed by atoms with Crippen LogP contribution in [0.15, 0.2) is 0 Å². The van der Waals surface area contributed by atoms with Crippen molar-refractivity contribution in [2.75, 3.05) is 6.54 Å². The molecule has 1 N–H and O–H groups in total. The van der Waals surface area contributed by atoms with Crippen LogP contribution in [0.2, 0.25) is 0 Å². The molecule has 0 aromatic rings. The first-order chi connectivity index (χ1) is 6.16. The van der Waals surface area contributed by atoms with E-state index in [1.54, 1.807) is 0 Å². The van der Waals surface area contributed by atoms with Crippen LogP contribution in [0.1, 0.15) is 58.8 Å². The fourth-order valence-corrected chi connectivity index (χ4v) is 3.39. The zero-order chi connectivity index (χ0) is 9.36. The van der Waals surface area contributed by atoms with Gasteiger partial charge in [0.25, 0.3) is 0 Å². The molecule has 1 heteroatoms. The van der Waals surface area contributed by atoms with Crippen molar-refractivity contribution < 1.29 is 0 Å². The predicted octanol–water partition coefficient (Wildman–Crippen LogP) is 3.10. The van der Waals surface area contributed by atoms with Crippen molar-refractivity contribution in [3.63, 3.8) is 0 Å². The van der Waals surface area contributed by atoms with E-state index >= 15 is 0 Å². The van der Waals surface area contributed by atoms with Gasteiger partial charge in [-0.15, -0.1) is 0 Å². The highest BCUT2D eigenvalue weighted by Gasteiger charge is 2.47. The first kappa shape index (κ1) is 9.51. The minimum absolute atomic E-state index is 0.400. The number of rotatable bonds is 0. The fourth-order valence-electron chi connectivity index (χ4n) is 3.39.